The van der Waals surface area contributed by atoms with Crippen molar-refractivity contribution >= 4 is 23.2 Å². The Morgan fingerprint density at radius 3 is 2.26 bits per heavy atom. The molecule has 100 valence electrons. The second kappa shape index (κ2) is 5.31. The third-order valence-corrected chi connectivity index (χ3v) is 2.81. The van der Waals surface area contributed by atoms with Gasteiger partial charge in [0.25, 0.3) is 0 Å². The highest BCUT2D eigenvalue weighted by Gasteiger charge is 2.31. The molecule has 6 heteroatoms. The molecule has 0 radical (unpaired) electrons. The van der Waals surface area contributed by atoms with E-state index in [0.29, 0.717) is 10.8 Å². The summed E-state index contributed by atoms with van der Waals surface area (Å²) < 4.78 is 42.8. The fourth-order valence-corrected chi connectivity index (χ4v) is 1.82. The minimum absolute atomic E-state index is 0.116. The van der Waals surface area contributed by atoms with Crippen molar-refractivity contribution in [2.45, 2.75) is 6.18 Å². The molecular formula is C13H7Cl2F3O. The lowest BCUT2D eigenvalue weighted by atomic mass is 10.2. The van der Waals surface area contributed by atoms with Gasteiger partial charge in [0.05, 0.1) is 10.6 Å². The summed E-state index contributed by atoms with van der Waals surface area (Å²) >= 11 is 11.5. The fraction of sp³-hybridized carbons (Fsp3) is 0.0769. The topological polar surface area (TPSA) is 9.23 Å². The molecule has 2 aromatic rings. The van der Waals surface area contributed by atoms with Gasteiger partial charge in [0, 0.05) is 5.02 Å². The highest BCUT2D eigenvalue weighted by molar-refractivity contribution is 6.32. The zero-order valence-corrected chi connectivity index (χ0v) is 10.9. The predicted octanol–water partition coefficient (Wildman–Crippen LogP) is 5.80. The third-order valence-electron chi connectivity index (χ3n) is 2.28. The smallest absolute Gasteiger partial charge is 0.416 e. The Morgan fingerprint density at radius 2 is 1.68 bits per heavy atom. The molecule has 0 saturated heterocycles. The largest absolute Gasteiger partial charge is 0.456 e. The second-order valence-corrected chi connectivity index (χ2v) is 4.55. The normalized spacial score (nSPS) is 11.4. The molecule has 19 heavy (non-hydrogen) atoms. The molecule has 0 amide bonds. The first-order valence-electron chi connectivity index (χ1n) is 5.16. The van der Waals surface area contributed by atoms with E-state index in [0.717, 1.165) is 12.1 Å². The van der Waals surface area contributed by atoms with Crippen LogP contribution in [0.15, 0.2) is 42.5 Å². The molecule has 0 aromatic heterocycles. The minimum atomic E-state index is -4.43. The number of halogens is 5. The average molecular weight is 307 g/mol. The van der Waals surface area contributed by atoms with Crippen LogP contribution in [0.2, 0.25) is 10.0 Å². The van der Waals surface area contributed by atoms with E-state index in [1.54, 1.807) is 18.2 Å². The lowest BCUT2D eigenvalue weighted by Crippen LogP contribution is -2.04. The van der Waals surface area contributed by atoms with E-state index < -0.39 is 11.7 Å². The first-order valence-corrected chi connectivity index (χ1v) is 5.92. The zero-order chi connectivity index (χ0) is 14.0. The van der Waals surface area contributed by atoms with Crippen molar-refractivity contribution in [2.24, 2.45) is 0 Å². The highest BCUT2D eigenvalue weighted by atomic mass is 35.5. The summed E-state index contributed by atoms with van der Waals surface area (Å²) in [4.78, 5) is 0. The molecule has 0 saturated carbocycles. The van der Waals surface area contributed by atoms with E-state index >= 15 is 0 Å². The van der Waals surface area contributed by atoms with Crippen LogP contribution in [-0.2, 0) is 6.18 Å². The lowest BCUT2D eigenvalue weighted by molar-refractivity contribution is -0.137. The number of rotatable bonds is 2. The fourth-order valence-electron chi connectivity index (χ4n) is 1.42. The molecule has 0 aliphatic rings. The van der Waals surface area contributed by atoms with Crippen molar-refractivity contribution in [1.82, 2.24) is 0 Å². The molecule has 2 aromatic carbocycles. The molecular weight excluding hydrogens is 300 g/mol. The van der Waals surface area contributed by atoms with Gasteiger partial charge in [-0.05, 0) is 36.4 Å². The summed E-state index contributed by atoms with van der Waals surface area (Å²) in [6, 6.07) is 9.38. The molecule has 0 aliphatic carbocycles. The van der Waals surface area contributed by atoms with Crippen molar-refractivity contribution in [3.8, 4) is 11.5 Å². The molecule has 0 fully saturated rings. The summed E-state index contributed by atoms with van der Waals surface area (Å²) in [7, 11) is 0. The Bertz CT molecular complexity index is 597. The van der Waals surface area contributed by atoms with Crippen LogP contribution in [0.1, 0.15) is 5.56 Å². The average Bonchev–Trinajstić information content (AvgIpc) is 2.30. The van der Waals surface area contributed by atoms with Crippen LogP contribution in [0.5, 0.6) is 11.5 Å². The van der Waals surface area contributed by atoms with Gasteiger partial charge in [0.1, 0.15) is 11.5 Å². The van der Waals surface area contributed by atoms with E-state index in [2.05, 4.69) is 0 Å². The Kier molecular flexibility index (Phi) is 3.92. The molecule has 0 atom stereocenters. The van der Waals surface area contributed by atoms with Crippen LogP contribution in [0.3, 0.4) is 0 Å². The van der Waals surface area contributed by atoms with Gasteiger partial charge in [0.15, 0.2) is 0 Å². The van der Waals surface area contributed by atoms with Gasteiger partial charge in [-0.1, -0.05) is 29.3 Å². The molecule has 0 bridgehead atoms. The molecule has 0 spiro atoms. The Hall–Kier alpha value is -1.39. The molecule has 0 aliphatic heterocycles. The maximum atomic E-state index is 12.5. The Balaban J connectivity index is 2.27. The molecule has 0 heterocycles. The summed E-state index contributed by atoms with van der Waals surface area (Å²) in [6.45, 7) is 0. The van der Waals surface area contributed by atoms with Crippen LogP contribution >= 0.6 is 23.2 Å². The quantitative estimate of drug-likeness (QED) is 0.681. The van der Waals surface area contributed by atoms with Crippen LogP contribution in [0.4, 0.5) is 13.2 Å². The third kappa shape index (κ3) is 3.55. The van der Waals surface area contributed by atoms with E-state index in [1.807, 2.05) is 0 Å². The van der Waals surface area contributed by atoms with Gasteiger partial charge in [-0.3, -0.25) is 0 Å². The van der Waals surface area contributed by atoms with E-state index in [-0.39, 0.29) is 10.8 Å². The van der Waals surface area contributed by atoms with Crippen LogP contribution in [0, 0.1) is 0 Å². The summed E-state index contributed by atoms with van der Waals surface area (Å²) in [5.74, 6) is 0.533. The molecule has 2 rings (SSSR count). The maximum absolute atomic E-state index is 12.5. The summed E-state index contributed by atoms with van der Waals surface area (Å²) in [6.07, 6.45) is -4.43. The van der Waals surface area contributed by atoms with Crippen LogP contribution < -0.4 is 4.74 Å². The van der Waals surface area contributed by atoms with Crippen molar-refractivity contribution < 1.29 is 17.9 Å². The van der Waals surface area contributed by atoms with E-state index in [1.165, 1.54) is 12.1 Å². The number of alkyl halides is 3. The second-order valence-electron chi connectivity index (χ2n) is 3.70. The molecule has 1 nitrogen and oxygen atoms in total. The maximum Gasteiger partial charge on any atom is 0.416 e. The van der Waals surface area contributed by atoms with Crippen molar-refractivity contribution in [2.75, 3.05) is 0 Å². The van der Waals surface area contributed by atoms with Gasteiger partial charge >= 0.3 is 6.18 Å². The SMILES string of the molecule is FC(F)(F)c1ccc(Oc2cccc(Cl)c2)c(Cl)c1. The first-order chi connectivity index (χ1) is 8.86. The zero-order valence-electron chi connectivity index (χ0n) is 9.34. The van der Waals surface area contributed by atoms with E-state index in [4.69, 9.17) is 27.9 Å². The highest BCUT2D eigenvalue weighted by Crippen LogP contribution is 2.36. The van der Waals surface area contributed by atoms with Crippen LogP contribution in [-0.4, -0.2) is 0 Å². The van der Waals surface area contributed by atoms with Gasteiger partial charge in [-0.25, -0.2) is 0 Å². The number of benzene rings is 2. The predicted molar refractivity (Wildman–Crippen MR) is 68.0 cm³/mol. The van der Waals surface area contributed by atoms with Crippen LogP contribution in [0.25, 0.3) is 0 Å². The molecule has 0 unspecified atom stereocenters. The molecule has 0 N–H and O–H groups in total. The van der Waals surface area contributed by atoms with Crippen molar-refractivity contribution in [3.05, 3.63) is 58.1 Å². The van der Waals surface area contributed by atoms with E-state index in [9.17, 15) is 13.2 Å². The van der Waals surface area contributed by atoms with Crippen molar-refractivity contribution in [3.63, 3.8) is 0 Å². The standard InChI is InChI=1S/C13H7Cl2F3O/c14-9-2-1-3-10(7-9)19-12-5-4-8(6-11(12)15)13(16,17)18/h1-7H. The summed E-state index contributed by atoms with van der Waals surface area (Å²) in [5, 5.41) is 0.343. The van der Waals surface area contributed by atoms with Gasteiger partial charge in [-0.2, -0.15) is 13.2 Å². The Morgan fingerprint density at radius 1 is 0.947 bits per heavy atom. The first kappa shape index (κ1) is 14.0. The Labute approximate surface area is 117 Å². The number of hydrogen-bond acceptors (Lipinski definition) is 1. The van der Waals surface area contributed by atoms with Gasteiger partial charge in [0.2, 0.25) is 0 Å². The monoisotopic (exact) mass is 306 g/mol. The van der Waals surface area contributed by atoms with Gasteiger partial charge < -0.3 is 4.74 Å². The van der Waals surface area contributed by atoms with Gasteiger partial charge in [-0.15, -0.1) is 0 Å². The van der Waals surface area contributed by atoms with Crippen molar-refractivity contribution in [1.29, 1.82) is 0 Å². The minimum Gasteiger partial charge on any atom is -0.456 e. The summed E-state index contributed by atoms with van der Waals surface area (Å²) in [5.41, 5.74) is -0.823. The number of hydrogen-bond donors (Lipinski definition) is 0. The number of ether oxygens (including phenoxy) is 1. The lowest BCUT2D eigenvalue weighted by Gasteiger charge is -2.11.